The summed E-state index contributed by atoms with van der Waals surface area (Å²) in [6, 6.07) is 4.19. The van der Waals surface area contributed by atoms with Crippen LogP contribution >= 0.6 is 35.6 Å². The maximum Gasteiger partial charge on any atom is 0.243 e. The summed E-state index contributed by atoms with van der Waals surface area (Å²) >= 11 is 6.26. The van der Waals surface area contributed by atoms with Gasteiger partial charge in [0.15, 0.2) is 5.96 Å². The van der Waals surface area contributed by atoms with Crippen molar-refractivity contribution in [3.05, 3.63) is 23.4 Å². The maximum atomic E-state index is 11.8. The summed E-state index contributed by atoms with van der Waals surface area (Å²) < 4.78 is 0. The monoisotopic (exact) mass is 508 g/mol. The molecule has 2 atom stereocenters. The highest BCUT2D eigenvalue weighted by Gasteiger charge is 2.25. The number of hydrogen-bond donors (Lipinski definition) is 2. The second kappa shape index (κ2) is 11.5. The summed E-state index contributed by atoms with van der Waals surface area (Å²) in [7, 11) is 3.47. The van der Waals surface area contributed by atoms with Crippen molar-refractivity contribution in [1.29, 1.82) is 0 Å². The minimum atomic E-state index is -0.0245. The van der Waals surface area contributed by atoms with E-state index in [1.54, 1.807) is 25.2 Å². The normalized spacial score (nSPS) is 17.9. The molecule has 0 spiro atoms. The molecule has 1 aliphatic heterocycles. The summed E-state index contributed by atoms with van der Waals surface area (Å²) in [6.07, 6.45) is 3.69. The highest BCUT2D eigenvalue weighted by atomic mass is 127. The van der Waals surface area contributed by atoms with E-state index in [1.165, 1.54) is 0 Å². The Bertz CT molecular complexity index is 642. The zero-order valence-electron chi connectivity index (χ0n) is 16.4. The lowest BCUT2D eigenvalue weighted by Crippen LogP contribution is -2.48. The van der Waals surface area contributed by atoms with Crippen LogP contribution in [0.2, 0.25) is 5.02 Å². The van der Waals surface area contributed by atoms with Crippen molar-refractivity contribution in [2.75, 3.05) is 38.6 Å². The summed E-state index contributed by atoms with van der Waals surface area (Å²) in [5.74, 6) is 1.46. The zero-order valence-corrected chi connectivity index (χ0v) is 19.5. The molecule has 2 rings (SSSR count). The van der Waals surface area contributed by atoms with E-state index in [0.717, 1.165) is 31.7 Å². The van der Waals surface area contributed by atoms with Crippen molar-refractivity contribution in [2.45, 2.75) is 38.8 Å². The summed E-state index contributed by atoms with van der Waals surface area (Å²) in [6.45, 7) is 6.00. The number of pyridine rings is 1. The molecule has 7 nitrogen and oxygen atoms in total. The zero-order chi connectivity index (χ0) is 19.1. The minimum absolute atomic E-state index is 0. The number of carbonyl (C=O) groups excluding carboxylic acids is 1. The largest absolute Gasteiger partial charge is 0.354 e. The number of hydrogen-bond acceptors (Lipinski definition) is 4. The lowest BCUT2D eigenvalue weighted by Gasteiger charge is -2.22. The molecular formula is C18H30ClIN6O. The first-order chi connectivity index (χ1) is 12.4. The van der Waals surface area contributed by atoms with Crippen LogP contribution in [0.25, 0.3) is 0 Å². The maximum absolute atomic E-state index is 11.8. The molecule has 0 bridgehead atoms. The van der Waals surface area contributed by atoms with Gasteiger partial charge in [-0.2, -0.15) is 0 Å². The third kappa shape index (κ3) is 7.33. The smallest absolute Gasteiger partial charge is 0.243 e. The van der Waals surface area contributed by atoms with Crippen molar-refractivity contribution in [3.8, 4) is 0 Å². The standard InChI is InChI=1S/C18H29ClN6O.HI/c1-5-13(2)22-18(21-11-16(26)24(3)4)23-14-8-10-25(12-14)17-15(19)7-6-9-20-17;/h6-7,9,13-14H,5,8,10-12H2,1-4H3,(H2,21,22,23);1H. The number of likely N-dealkylation sites (N-methyl/N-ethyl adjacent to an activating group) is 1. The number of carbonyl (C=O) groups is 1. The van der Waals surface area contributed by atoms with Gasteiger partial charge in [-0.3, -0.25) is 4.79 Å². The van der Waals surface area contributed by atoms with E-state index in [-0.39, 0.29) is 48.5 Å². The van der Waals surface area contributed by atoms with Crippen LogP contribution in [-0.2, 0) is 4.79 Å². The molecule has 1 aromatic rings. The van der Waals surface area contributed by atoms with Gasteiger partial charge in [-0.25, -0.2) is 9.98 Å². The number of rotatable bonds is 6. The number of aromatic nitrogens is 1. The fourth-order valence-electron chi connectivity index (χ4n) is 2.63. The first-order valence-electron chi connectivity index (χ1n) is 9.03. The molecule has 0 aliphatic carbocycles. The fraction of sp³-hybridized carbons (Fsp3) is 0.611. The summed E-state index contributed by atoms with van der Waals surface area (Å²) in [4.78, 5) is 24.4. The first kappa shape index (κ1) is 23.7. The number of anilines is 1. The van der Waals surface area contributed by atoms with Gasteiger partial charge in [-0.1, -0.05) is 18.5 Å². The van der Waals surface area contributed by atoms with E-state index in [9.17, 15) is 4.79 Å². The molecule has 2 N–H and O–H groups in total. The van der Waals surface area contributed by atoms with Crippen molar-refractivity contribution >= 4 is 53.3 Å². The van der Waals surface area contributed by atoms with E-state index in [1.807, 2.05) is 12.1 Å². The third-order valence-corrected chi connectivity index (χ3v) is 4.73. The van der Waals surface area contributed by atoms with Gasteiger partial charge in [-0.15, -0.1) is 24.0 Å². The highest BCUT2D eigenvalue weighted by Crippen LogP contribution is 2.25. The molecule has 0 aromatic carbocycles. The molecule has 0 radical (unpaired) electrons. The lowest BCUT2D eigenvalue weighted by molar-refractivity contribution is -0.127. The lowest BCUT2D eigenvalue weighted by atomic mass is 10.2. The fourth-order valence-corrected chi connectivity index (χ4v) is 2.87. The second-order valence-electron chi connectivity index (χ2n) is 6.79. The Morgan fingerprint density at radius 2 is 2.26 bits per heavy atom. The Labute approximate surface area is 184 Å². The van der Waals surface area contributed by atoms with Crippen LogP contribution in [0.15, 0.2) is 23.3 Å². The van der Waals surface area contributed by atoms with Gasteiger partial charge in [0.05, 0.1) is 5.02 Å². The van der Waals surface area contributed by atoms with Crippen LogP contribution in [0, 0.1) is 0 Å². The number of aliphatic imine (C=N–C) groups is 1. The molecule has 1 aromatic heterocycles. The van der Waals surface area contributed by atoms with Gasteiger partial charge >= 0.3 is 0 Å². The van der Waals surface area contributed by atoms with E-state index in [4.69, 9.17) is 11.6 Å². The topological polar surface area (TPSA) is 72.9 Å². The van der Waals surface area contributed by atoms with Crippen molar-refractivity contribution in [1.82, 2.24) is 20.5 Å². The number of halogens is 2. The molecule has 2 heterocycles. The number of nitrogens with one attached hydrogen (secondary N) is 2. The predicted molar refractivity (Wildman–Crippen MR) is 122 cm³/mol. The van der Waals surface area contributed by atoms with Crippen LogP contribution in [0.1, 0.15) is 26.7 Å². The first-order valence-corrected chi connectivity index (χ1v) is 9.41. The number of nitrogens with zero attached hydrogens (tertiary/aromatic N) is 4. The Morgan fingerprint density at radius 3 is 2.89 bits per heavy atom. The van der Waals surface area contributed by atoms with Gasteiger partial charge < -0.3 is 20.4 Å². The number of guanidine groups is 1. The molecule has 1 amide bonds. The molecule has 1 fully saturated rings. The van der Waals surface area contributed by atoms with Gasteiger partial charge in [0, 0.05) is 45.5 Å². The molecule has 27 heavy (non-hydrogen) atoms. The quantitative estimate of drug-likeness (QED) is 0.351. The molecule has 2 unspecified atom stereocenters. The minimum Gasteiger partial charge on any atom is -0.354 e. The van der Waals surface area contributed by atoms with Crippen LogP contribution in [-0.4, -0.2) is 67.6 Å². The molecule has 1 aliphatic rings. The Kier molecular flexibility index (Phi) is 10.1. The average Bonchev–Trinajstić information content (AvgIpc) is 3.07. The Hall–Kier alpha value is -1.29. The van der Waals surface area contributed by atoms with Gasteiger partial charge in [0.25, 0.3) is 0 Å². The van der Waals surface area contributed by atoms with Crippen molar-refractivity contribution < 1.29 is 4.79 Å². The molecule has 1 saturated heterocycles. The van der Waals surface area contributed by atoms with Gasteiger partial charge in [0.2, 0.25) is 5.91 Å². The average molecular weight is 509 g/mol. The van der Waals surface area contributed by atoms with Gasteiger partial charge in [0.1, 0.15) is 12.4 Å². The summed E-state index contributed by atoms with van der Waals surface area (Å²) in [5, 5.41) is 7.48. The molecule has 0 saturated carbocycles. The number of amides is 1. The predicted octanol–water partition coefficient (Wildman–Crippen LogP) is 2.35. The van der Waals surface area contributed by atoms with Crippen LogP contribution in [0.4, 0.5) is 5.82 Å². The molecule has 152 valence electrons. The molecule has 9 heteroatoms. The van der Waals surface area contributed by atoms with Crippen LogP contribution < -0.4 is 15.5 Å². The van der Waals surface area contributed by atoms with Crippen molar-refractivity contribution in [2.24, 2.45) is 4.99 Å². The van der Waals surface area contributed by atoms with Crippen LogP contribution in [0.5, 0.6) is 0 Å². The Balaban J connectivity index is 0.00000364. The molecular weight excluding hydrogens is 479 g/mol. The van der Waals surface area contributed by atoms with Crippen LogP contribution in [0.3, 0.4) is 0 Å². The van der Waals surface area contributed by atoms with E-state index < -0.39 is 0 Å². The van der Waals surface area contributed by atoms with E-state index in [0.29, 0.717) is 11.0 Å². The SMILES string of the molecule is CCC(C)NC(=NCC(=O)N(C)C)NC1CCN(c2ncccc2Cl)C1.I. The highest BCUT2D eigenvalue weighted by molar-refractivity contribution is 14.0. The van der Waals surface area contributed by atoms with E-state index >= 15 is 0 Å². The van der Waals surface area contributed by atoms with E-state index in [2.05, 4.69) is 39.4 Å². The Morgan fingerprint density at radius 1 is 1.52 bits per heavy atom. The van der Waals surface area contributed by atoms with Gasteiger partial charge in [-0.05, 0) is 31.9 Å². The third-order valence-electron chi connectivity index (χ3n) is 4.43. The second-order valence-corrected chi connectivity index (χ2v) is 7.20. The summed E-state index contributed by atoms with van der Waals surface area (Å²) in [5.41, 5.74) is 0. The van der Waals surface area contributed by atoms with Crippen molar-refractivity contribution in [3.63, 3.8) is 0 Å².